The predicted octanol–water partition coefficient (Wildman–Crippen LogP) is 5.55. The van der Waals surface area contributed by atoms with Crippen LogP contribution < -0.4 is 4.74 Å². The number of aryl methyl sites for hydroxylation is 3. The topological polar surface area (TPSA) is 22.4 Å². The molecule has 0 radical (unpaired) electrons. The van der Waals surface area contributed by atoms with Gasteiger partial charge in [0.05, 0.1) is 6.61 Å². The molecule has 0 fully saturated rings. The van der Waals surface area contributed by atoms with Gasteiger partial charge in [0.2, 0.25) is 0 Å². The lowest BCUT2D eigenvalue weighted by Crippen LogP contribution is -1.96. The number of furan rings is 1. The Hall–Kier alpha value is -1.96. The first-order valence-electron chi connectivity index (χ1n) is 7.74. The Morgan fingerprint density at radius 3 is 2.24 bits per heavy atom. The molecule has 21 heavy (non-hydrogen) atoms. The fraction of sp³-hybridized carbons (Fsp3) is 0.368. The second kappa shape index (κ2) is 5.44. The second-order valence-electron chi connectivity index (χ2n) is 5.60. The van der Waals surface area contributed by atoms with Crippen molar-refractivity contribution in [3.63, 3.8) is 0 Å². The van der Waals surface area contributed by atoms with Crippen molar-refractivity contribution in [3.05, 3.63) is 41.0 Å². The monoisotopic (exact) mass is 282 g/mol. The minimum atomic E-state index is 0.742. The number of hydrogen-bond acceptors (Lipinski definition) is 2. The normalized spacial score (nSPS) is 11.4. The van der Waals surface area contributed by atoms with Gasteiger partial charge in [-0.1, -0.05) is 26.0 Å². The third-order valence-corrected chi connectivity index (χ3v) is 4.21. The van der Waals surface area contributed by atoms with E-state index in [1.165, 1.54) is 21.9 Å². The SMILES string of the molecule is CCCOc1ccc2c(oc3c(C)c(CC)ccc32)c1C. The zero-order valence-electron chi connectivity index (χ0n) is 13.2. The van der Waals surface area contributed by atoms with E-state index in [0.29, 0.717) is 0 Å². The van der Waals surface area contributed by atoms with E-state index in [-0.39, 0.29) is 0 Å². The van der Waals surface area contributed by atoms with E-state index in [0.717, 1.165) is 41.9 Å². The largest absolute Gasteiger partial charge is 0.493 e. The second-order valence-corrected chi connectivity index (χ2v) is 5.60. The van der Waals surface area contributed by atoms with Crippen LogP contribution in [-0.2, 0) is 6.42 Å². The predicted molar refractivity (Wildman–Crippen MR) is 88.4 cm³/mol. The molecule has 0 bridgehead atoms. The number of ether oxygens (including phenoxy) is 1. The van der Waals surface area contributed by atoms with Crippen molar-refractivity contribution < 1.29 is 9.15 Å². The summed E-state index contributed by atoms with van der Waals surface area (Å²) in [6.07, 6.45) is 2.04. The molecule has 0 aliphatic carbocycles. The van der Waals surface area contributed by atoms with Gasteiger partial charge in [-0.25, -0.2) is 0 Å². The van der Waals surface area contributed by atoms with Crippen molar-refractivity contribution >= 4 is 21.9 Å². The molecule has 3 aromatic rings. The van der Waals surface area contributed by atoms with Crippen molar-refractivity contribution in [1.82, 2.24) is 0 Å². The Morgan fingerprint density at radius 1 is 0.905 bits per heavy atom. The summed E-state index contributed by atoms with van der Waals surface area (Å²) in [6, 6.07) is 8.57. The van der Waals surface area contributed by atoms with Crippen LogP contribution in [0.3, 0.4) is 0 Å². The third kappa shape index (κ3) is 2.19. The average Bonchev–Trinajstić information content (AvgIpc) is 2.88. The quantitative estimate of drug-likeness (QED) is 0.625. The fourth-order valence-corrected chi connectivity index (χ4v) is 2.95. The first-order chi connectivity index (χ1) is 10.2. The molecule has 2 aromatic carbocycles. The van der Waals surface area contributed by atoms with Gasteiger partial charge < -0.3 is 9.15 Å². The fourth-order valence-electron chi connectivity index (χ4n) is 2.95. The van der Waals surface area contributed by atoms with Crippen LogP contribution in [0.15, 0.2) is 28.7 Å². The molecule has 0 spiro atoms. The van der Waals surface area contributed by atoms with Gasteiger partial charge >= 0.3 is 0 Å². The molecular formula is C19H22O2. The van der Waals surface area contributed by atoms with Crippen LogP contribution in [0, 0.1) is 13.8 Å². The van der Waals surface area contributed by atoms with Gasteiger partial charge in [-0.15, -0.1) is 0 Å². The molecule has 110 valence electrons. The van der Waals surface area contributed by atoms with E-state index in [4.69, 9.17) is 9.15 Å². The van der Waals surface area contributed by atoms with Gasteiger partial charge in [-0.3, -0.25) is 0 Å². The molecule has 0 aliphatic rings. The molecule has 0 unspecified atom stereocenters. The van der Waals surface area contributed by atoms with Crippen molar-refractivity contribution in [3.8, 4) is 5.75 Å². The summed E-state index contributed by atoms with van der Waals surface area (Å²) in [5, 5.41) is 2.38. The molecule has 0 N–H and O–H groups in total. The van der Waals surface area contributed by atoms with E-state index in [9.17, 15) is 0 Å². The highest BCUT2D eigenvalue weighted by Crippen LogP contribution is 2.37. The lowest BCUT2D eigenvalue weighted by Gasteiger charge is -2.07. The van der Waals surface area contributed by atoms with Gasteiger partial charge in [0.25, 0.3) is 0 Å². The van der Waals surface area contributed by atoms with Gasteiger partial charge in [-0.2, -0.15) is 0 Å². The van der Waals surface area contributed by atoms with Crippen LogP contribution in [0.25, 0.3) is 21.9 Å². The van der Waals surface area contributed by atoms with Crippen molar-refractivity contribution in [2.45, 2.75) is 40.5 Å². The molecule has 1 aromatic heterocycles. The molecule has 0 atom stereocenters. The zero-order chi connectivity index (χ0) is 15.0. The first kappa shape index (κ1) is 14.0. The van der Waals surface area contributed by atoms with Crippen LogP contribution in [0.1, 0.15) is 37.0 Å². The minimum absolute atomic E-state index is 0.742. The average molecular weight is 282 g/mol. The summed E-state index contributed by atoms with van der Waals surface area (Å²) in [5.74, 6) is 0.928. The summed E-state index contributed by atoms with van der Waals surface area (Å²) in [6.45, 7) is 9.26. The summed E-state index contributed by atoms with van der Waals surface area (Å²) >= 11 is 0. The standard InChI is InChI=1S/C19H22O2/c1-5-11-20-17-10-9-16-15-8-7-14(6-2)12(3)18(15)21-19(16)13(17)4/h7-10H,5-6,11H2,1-4H3. The van der Waals surface area contributed by atoms with Crippen molar-refractivity contribution in [2.75, 3.05) is 6.61 Å². The molecule has 2 nitrogen and oxygen atoms in total. The van der Waals surface area contributed by atoms with Crippen LogP contribution in [0.5, 0.6) is 5.75 Å². The molecule has 3 rings (SSSR count). The molecule has 0 aliphatic heterocycles. The van der Waals surface area contributed by atoms with Gasteiger partial charge in [-0.05, 0) is 49.9 Å². The maximum atomic E-state index is 6.20. The molecule has 1 heterocycles. The number of hydrogen-bond donors (Lipinski definition) is 0. The summed E-state index contributed by atoms with van der Waals surface area (Å²) in [4.78, 5) is 0. The third-order valence-electron chi connectivity index (χ3n) is 4.21. The number of fused-ring (bicyclic) bond motifs is 3. The Balaban J connectivity index is 2.25. The summed E-state index contributed by atoms with van der Waals surface area (Å²) < 4.78 is 12.0. The van der Waals surface area contributed by atoms with Crippen LogP contribution >= 0.6 is 0 Å². The number of benzene rings is 2. The van der Waals surface area contributed by atoms with Crippen LogP contribution in [0.2, 0.25) is 0 Å². The van der Waals surface area contributed by atoms with E-state index in [1.807, 2.05) is 0 Å². The Labute approximate surface area is 125 Å². The highest BCUT2D eigenvalue weighted by atomic mass is 16.5. The highest BCUT2D eigenvalue weighted by molar-refractivity contribution is 6.07. The van der Waals surface area contributed by atoms with E-state index < -0.39 is 0 Å². The van der Waals surface area contributed by atoms with E-state index in [1.54, 1.807) is 0 Å². The van der Waals surface area contributed by atoms with Crippen LogP contribution in [0.4, 0.5) is 0 Å². The lowest BCUT2D eigenvalue weighted by atomic mass is 10.0. The Kier molecular flexibility index (Phi) is 3.62. The van der Waals surface area contributed by atoms with Crippen LogP contribution in [-0.4, -0.2) is 6.61 Å². The maximum Gasteiger partial charge on any atom is 0.142 e. The summed E-state index contributed by atoms with van der Waals surface area (Å²) in [7, 11) is 0. The maximum absolute atomic E-state index is 6.20. The molecule has 0 amide bonds. The lowest BCUT2D eigenvalue weighted by molar-refractivity contribution is 0.315. The van der Waals surface area contributed by atoms with Crippen molar-refractivity contribution in [1.29, 1.82) is 0 Å². The first-order valence-corrected chi connectivity index (χ1v) is 7.74. The highest BCUT2D eigenvalue weighted by Gasteiger charge is 2.15. The molecule has 0 saturated heterocycles. The van der Waals surface area contributed by atoms with Crippen molar-refractivity contribution in [2.24, 2.45) is 0 Å². The van der Waals surface area contributed by atoms with E-state index >= 15 is 0 Å². The molecular weight excluding hydrogens is 260 g/mol. The van der Waals surface area contributed by atoms with Gasteiger partial charge in [0.15, 0.2) is 0 Å². The van der Waals surface area contributed by atoms with Gasteiger partial charge in [0.1, 0.15) is 16.9 Å². The Bertz CT molecular complexity index is 796. The smallest absolute Gasteiger partial charge is 0.142 e. The van der Waals surface area contributed by atoms with E-state index in [2.05, 4.69) is 52.0 Å². The Morgan fingerprint density at radius 2 is 1.57 bits per heavy atom. The minimum Gasteiger partial charge on any atom is -0.493 e. The molecule has 0 saturated carbocycles. The number of rotatable bonds is 4. The zero-order valence-corrected chi connectivity index (χ0v) is 13.2. The van der Waals surface area contributed by atoms with Gasteiger partial charge in [0, 0.05) is 16.3 Å². The summed E-state index contributed by atoms with van der Waals surface area (Å²) in [5.41, 5.74) is 5.66. The molecule has 2 heteroatoms.